The highest BCUT2D eigenvalue weighted by Gasteiger charge is 2.16. The van der Waals surface area contributed by atoms with Crippen molar-refractivity contribution in [2.75, 3.05) is 0 Å². The molecule has 0 spiro atoms. The lowest BCUT2D eigenvalue weighted by molar-refractivity contribution is 0.248. The molecule has 3 aromatic rings. The SMILES string of the molecule is CCc1c(-c2ccc(O)cc2)noc1COc1ccccc1. The number of phenolic OH excluding ortho intramolecular Hbond substituents is 1. The normalized spacial score (nSPS) is 10.6. The Morgan fingerprint density at radius 1 is 1.05 bits per heavy atom. The van der Waals surface area contributed by atoms with Gasteiger partial charge in [-0.3, -0.25) is 0 Å². The van der Waals surface area contributed by atoms with Crippen LogP contribution >= 0.6 is 0 Å². The summed E-state index contributed by atoms with van der Waals surface area (Å²) in [6.45, 7) is 2.40. The van der Waals surface area contributed by atoms with Gasteiger partial charge in [-0.25, -0.2) is 0 Å². The Morgan fingerprint density at radius 3 is 2.45 bits per heavy atom. The van der Waals surface area contributed by atoms with E-state index < -0.39 is 0 Å². The number of aromatic hydroxyl groups is 1. The van der Waals surface area contributed by atoms with Crippen LogP contribution in [0.4, 0.5) is 0 Å². The van der Waals surface area contributed by atoms with E-state index in [-0.39, 0.29) is 5.75 Å². The van der Waals surface area contributed by atoms with Crippen LogP contribution in [0.25, 0.3) is 11.3 Å². The standard InChI is InChI=1S/C18H17NO3/c1-2-16-17(12-21-15-6-4-3-5-7-15)22-19-18(16)13-8-10-14(20)11-9-13/h3-11,20H,2,12H2,1H3. The number of hydrogen-bond acceptors (Lipinski definition) is 4. The Labute approximate surface area is 129 Å². The third kappa shape index (κ3) is 2.96. The van der Waals surface area contributed by atoms with E-state index in [4.69, 9.17) is 9.26 Å². The van der Waals surface area contributed by atoms with Crippen molar-refractivity contribution in [1.82, 2.24) is 5.16 Å². The van der Waals surface area contributed by atoms with Gasteiger partial charge in [-0.15, -0.1) is 0 Å². The lowest BCUT2D eigenvalue weighted by Gasteiger charge is -2.05. The van der Waals surface area contributed by atoms with Crippen LogP contribution in [0.1, 0.15) is 18.2 Å². The molecule has 1 heterocycles. The molecule has 1 N–H and O–H groups in total. The fraction of sp³-hybridized carbons (Fsp3) is 0.167. The van der Waals surface area contributed by atoms with Crippen molar-refractivity contribution in [2.24, 2.45) is 0 Å². The fourth-order valence-electron chi connectivity index (χ4n) is 2.33. The number of nitrogens with zero attached hydrogens (tertiary/aromatic N) is 1. The molecule has 0 aliphatic carbocycles. The van der Waals surface area contributed by atoms with Gasteiger partial charge in [-0.1, -0.05) is 30.3 Å². The number of benzene rings is 2. The first-order chi connectivity index (χ1) is 10.8. The molecule has 0 saturated heterocycles. The first kappa shape index (κ1) is 14.2. The number of para-hydroxylation sites is 1. The Balaban J connectivity index is 1.82. The van der Waals surface area contributed by atoms with Gasteiger partial charge in [0.2, 0.25) is 0 Å². The third-order valence-corrected chi connectivity index (χ3v) is 3.48. The molecule has 0 saturated carbocycles. The summed E-state index contributed by atoms with van der Waals surface area (Å²) < 4.78 is 11.2. The van der Waals surface area contributed by atoms with Crippen molar-refractivity contribution in [1.29, 1.82) is 0 Å². The second kappa shape index (κ2) is 6.35. The first-order valence-electron chi connectivity index (χ1n) is 7.22. The molecule has 0 radical (unpaired) electrons. The van der Waals surface area contributed by atoms with Gasteiger partial charge in [0.25, 0.3) is 0 Å². The quantitative estimate of drug-likeness (QED) is 0.767. The van der Waals surface area contributed by atoms with Gasteiger partial charge in [0.05, 0.1) is 0 Å². The predicted molar refractivity (Wildman–Crippen MR) is 83.8 cm³/mol. The van der Waals surface area contributed by atoms with E-state index in [1.807, 2.05) is 42.5 Å². The van der Waals surface area contributed by atoms with E-state index >= 15 is 0 Å². The fourth-order valence-corrected chi connectivity index (χ4v) is 2.33. The molecule has 0 aliphatic heterocycles. The van der Waals surface area contributed by atoms with Crippen LogP contribution in [-0.4, -0.2) is 10.3 Å². The smallest absolute Gasteiger partial charge is 0.177 e. The Hall–Kier alpha value is -2.75. The van der Waals surface area contributed by atoms with Gasteiger partial charge in [0.1, 0.15) is 23.8 Å². The van der Waals surface area contributed by atoms with E-state index in [1.165, 1.54) is 0 Å². The van der Waals surface area contributed by atoms with E-state index in [0.29, 0.717) is 6.61 Å². The molecule has 0 atom stereocenters. The summed E-state index contributed by atoms with van der Waals surface area (Å²) in [5, 5.41) is 13.5. The van der Waals surface area contributed by atoms with E-state index in [9.17, 15) is 5.11 Å². The van der Waals surface area contributed by atoms with Gasteiger partial charge >= 0.3 is 0 Å². The maximum atomic E-state index is 9.38. The van der Waals surface area contributed by atoms with Gasteiger partial charge < -0.3 is 14.4 Å². The van der Waals surface area contributed by atoms with Crippen molar-refractivity contribution in [2.45, 2.75) is 20.0 Å². The summed E-state index contributed by atoms with van der Waals surface area (Å²) in [4.78, 5) is 0. The molecule has 112 valence electrons. The zero-order valence-electron chi connectivity index (χ0n) is 12.3. The molecule has 1 aromatic heterocycles. The first-order valence-corrected chi connectivity index (χ1v) is 7.22. The van der Waals surface area contributed by atoms with Crippen LogP contribution in [0.2, 0.25) is 0 Å². The molecule has 0 unspecified atom stereocenters. The van der Waals surface area contributed by atoms with Crippen molar-refractivity contribution in [3.8, 4) is 22.8 Å². The van der Waals surface area contributed by atoms with Crippen molar-refractivity contribution >= 4 is 0 Å². The number of hydrogen-bond donors (Lipinski definition) is 1. The van der Waals surface area contributed by atoms with Crippen LogP contribution in [0, 0.1) is 0 Å². The molecule has 0 aliphatic rings. The highest BCUT2D eigenvalue weighted by atomic mass is 16.5. The topological polar surface area (TPSA) is 55.5 Å². The average Bonchev–Trinajstić information content (AvgIpc) is 2.97. The molecular formula is C18H17NO3. The molecular weight excluding hydrogens is 278 g/mol. The van der Waals surface area contributed by atoms with Crippen LogP contribution in [0.5, 0.6) is 11.5 Å². The Kier molecular flexibility index (Phi) is 4.10. The summed E-state index contributed by atoms with van der Waals surface area (Å²) in [6, 6.07) is 16.6. The molecule has 0 bridgehead atoms. The van der Waals surface area contributed by atoms with Crippen molar-refractivity contribution in [3.63, 3.8) is 0 Å². The molecule has 0 amide bonds. The monoisotopic (exact) mass is 295 g/mol. The minimum atomic E-state index is 0.234. The second-order valence-electron chi connectivity index (χ2n) is 4.94. The van der Waals surface area contributed by atoms with Crippen LogP contribution in [0.15, 0.2) is 59.1 Å². The van der Waals surface area contributed by atoms with Gasteiger partial charge in [-0.2, -0.15) is 0 Å². The Bertz CT molecular complexity index is 733. The van der Waals surface area contributed by atoms with Crippen LogP contribution in [0.3, 0.4) is 0 Å². The summed E-state index contributed by atoms with van der Waals surface area (Å²) in [5.41, 5.74) is 2.75. The minimum Gasteiger partial charge on any atom is -0.508 e. The second-order valence-corrected chi connectivity index (χ2v) is 4.94. The largest absolute Gasteiger partial charge is 0.508 e. The zero-order chi connectivity index (χ0) is 15.4. The van der Waals surface area contributed by atoms with Crippen LogP contribution in [-0.2, 0) is 13.0 Å². The number of ether oxygens (including phenoxy) is 1. The van der Waals surface area contributed by atoms with Crippen LogP contribution < -0.4 is 4.74 Å². The van der Waals surface area contributed by atoms with Crippen molar-refractivity contribution < 1.29 is 14.4 Å². The molecule has 4 nitrogen and oxygen atoms in total. The highest BCUT2D eigenvalue weighted by molar-refractivity contribution is 5.64. The maximum absolute atomic E-state index is 9.38. The zero-order valence-corrected chi connectivity index (χ0v) is 12.3. The Morgan fingerprint density at radius 2 is 1.77 bits per heavy atom. The average molecular weight is 295 g/mol. The maximum Gasteiger partial charge on any atom is 0.177 e. The van der Waals surface area contributed by atoms with Gasteiger partial charge in [-0.05, 0) is 42.8 Å². The summed E-state index contributed by atoms with van der Waals surface area (Å²) >= 11 is 0. The van der Waals surface area contributed by atoms with Gasteiger partial charge in [0.15, 0.2) is 5.76 Å². The third-order valence-electron chi connectivity index (χ3n) is 3.48. The lowest BCUT2D eigenvalue weighted by Crippen LogP contribution is -1.97. The summed E-state index contributed by atoms with van der Waals surface area (Å²) in [6.07, 6.45) is 0.799. The number of rotatable bonds is 5. The van der Waals surface area contributed by atoms with E-state index in [0.717, 1.165) is 34.8 Å². The molecule has 2 aromatic carbocycles. The predicted octanol–water partition coefficient (Wildman–Crippen LogP) is 4.19. The highest BCUT2D eigenvalue weighted by Crippen LogP contribution is 2.28. The molecule has 3 rings (SSSR count). The molecule has 4 heteroatoms. The van der Waals surface area contributed by atoms with E-state index in [1.54, 1.807) is 12.1 Å². The lowest BCUT2D eigenvalue weighted by atomic mass is 10.0. The van der Waals surface area contributed by atoms with Crippen molar-refractivity contribution in [3.05, 3.63) is 65.9 Å². The number of phenols is 1. The summed E-state index contributed by atoms with van der Waals surface area (Å²) in [5.74, 6) is 1.76. The molecule has 22 heavy (non-hydrogen) atoms. The minimum absolute atomic E-state index is 0.234. The van der Waals surface area contributed by atoms with E-state index in [2.05, 4.69) is 12.1 Å². The molecule has 0 fully saturated rings. The number of aromatic nitrogens is 1. The summed E-state index contributed by atoms with van der Waals surface area (Å²) in [7, 11) is 0. The van der Waals surface area contributed by atoms with Gasteiger partial charge in [0, 0.05) is 11.1 Å².